The molecule has 4 heteroatoms. The van der Waals surface area contributed by atoms with Gasteiger partial charge in [0, 0.05) is 25.9 Å². The number of nitrogens with zero attached hydrogens (tertiary/aromatic N) is 1. The van der Waals surface area contributed by atoms with Gasteiger partial charge >= 0.3 is 6.03 Å². The van der Waals surface area contributed by atoms with Crippen molar-refractivity contribution in [2.75, 3.05) is 26.4 Å². The maximum Gasteiger partial charge on any atom is 0.316 e. The number of carbonyl (C=O) groups excluding carboxylic acids is 1. The second kappa shape index (κ2) is 4.60. The Bertz CT molecular complexity index is 155. The molecule has 1 rings (SSSR count). The molecule has 0 spiro atoms. The standard InChI is InChI=1S/C8H16N2OS/c1-10(2)8(11)9-6-7-4-3-5-12-7/h7H,3-6H2,1-2H3,(H,9,11). The van der Waals surface area contributed by atoms with Crippen molar-refractivity contribution in [3.8, 4) is 0 Å². The van der Waals surface area contributed by atoms with Crippen LogP contribution < -0.4 is 5.32 Å². The second-order valence-electron chi connectivity index (χ2n) is 3.22. The summed E-state index contributed by atoms with van der Waals surface area (Å²) in [6, 6.07) is 0.0162. The van der Waals surface area contributed by atoms with Crippen LogP contribution in [0.3, 0.4) is 0 Å². The molecule has 0 bridgehead atoms. The van der Waals surface area contributed by atoms with Crippen molar-refractivity contribution >= 4 is 17.8 Å². The molecule has 1 aliphatic rings. The average Bonchev–Trinajstić information content (AvgIpc) is 2.51. The Kier molecular flexibility index (Phi) is 3.72. The van der Waals surface area contributed by atoms with Gasteiger partial charge in [-0.1, -0.05) is 0 Å². The first kappa shape index (κ1) is 9.71. The molecular formula is C8H16N2OS. The van der Waals surface area contributed by atoms with E-state index >= 15 is 0 Å². The summed E-state index contributed by atoms with van der Waals surface area (Å²) in [6.07, 6.45) is 2.55. The minimum absolute atomic E-state index is 0.0162. The summed E-state index contributed by atoms with van der Waals surface area (Å²) in [5, 5.41) is 3.54. The Morgan fingerprint density at radius 2 is 2.42 bits per heavy atom. The van der Waals surface area contributed by atoms with Crippen LogP contribution in [0.4, 0.5) is 4.79 Å². The third kappa shape index (κ3) is 2.93. The van der Waals surface area contributed by atoms with Gasteiger partial charge in [-0.25, -0.2) is 4.79 Å². The largest absolute Gasteiger partial charge is 0.337 e. The maximum atomic E-state index is 11.1. The number of hydrogen-bond acceptors (Lipinski definition) is 2. The molecule has 1 aliphatic heterocycles. The lowest BCUT2D eigenvalue weighted by molar-refractivity contribution is 0.217. The van der Waals surface area contributed by atoms with Crippen molar-refractivity contribution in [1.82, 2.24) is 10.2 Å². The van der Waals surface area contributed by atoms with Crippen molar-refractivity contribution in [2.45, 2.75) is 18.1 Å². The first-order valence-corrected chi connectivity index (χ1v) is 5.32. The molecule has 0 aromatic heterocycles. The van der Waals surface area contributed by atoms with Crippen LogP contribution in [0.1, 0.15) is 12.8 Å². The molecule has 0 aliphatic carbocycles. The number of carbonyl (C=O) groups is 1. The number of hydrogen-bond donors (Lipinski definition) is 1. The van der Waals surface area contributed by atoms with Crippen LogP contribution in [0.25, 0.3) is 0 Å². The smallest absolute Gasteiger partial charge is 0.316 e. The van der Waals surface area contributed by atoms with E-state index in [1.54, 1.807) is 19.0 Å². The maximum absolute atomic E-state index is 11.1. The van der Waals surface area contributed by atoms with Gasteiger partial charge in [-0.05, 0) is 18.6 Å². The Morgan fingerprint density at radius 1 is 1.67 bits per heavy atom. The summed E-state index contributed by atoms with van der Waals surface area (Å²) in [5.74, 6) is 1.25. The lowest BCUT2D eigenvalue weighted by Gasteiger charge is -2.14. The van der Waals surface area contributed by atoms with Crippen molar-refractivity contribution in [2.24, 2.45) is 0 Å². The molecule has 0 aromatic rings. The normalized spacial score (nSPS) is 22.3. The molecule has 1 atom stereocenters. The van der Waals surface area contributed by atoms with E-state index in [0.29, 0.717) is 5.25 Å². The van der Waals surface area contributed by atoms with Crippen LogP contribution in [-0.2, 0) is 0 Å². The second-order valence-corrected chi connectivity index (χ2v) is 4.62. The number of rotatable bonds is 2. The van der Waals surface area contributed by atoms with Crippen molar-refractivity contribution in [1.29, 1.82) is 0 Å². The lowest BCUT2D eigenvalue weighted by Crippen LogP contribution is -2.37. The van der Waals surface area contributed by atoms with E-state index in [0.717, 1.165) is 6.54 Å². The highest BCUT2D eigenvalue weighted by Crippen LogP contribution is 2.25. The van der Waals surface area contributed by atoms with E-state index in [4.69, 9.17) is 0 Å². The fraction of sp³-hybridized carbons (Fsp3) is 0.875. The highest BCUT2D eigenvalue weighted by molar-refractivity contribution is 8.00. The van der Waals surface area contributed by atoms with Gasteiger partial charge in [0.2, 0.25) is 0 Å². The molecule has 0 radical (unpaired) electrons. The third-order valence-electron chi connectivity index (χ3n) is 1.91. The Morgan fingerprint density at radius 3 is 2.92 bits per heavy atom. The van der Waals surface area contributed by atoms with Gasteiger partial charge < -0.3 is 10.2 Å². The average molecular weight is 188 g/mol. The monoisotopic (exact) mass is 188 g/mol. The predicted octanol–water partition coefficient (Wildman–Crippen LogP) is 1.15. The van der Waals surface area contributed by atoms with Crippen molar-refractivity contribution in [3.05, 3.63) is 0 Å². The number of amides is 2. The fourth-order valence-corrected chi connectivity index (χ4v) is 2.37. The summed E-state index contributed by atoms with van der Waals surface area (Å²) in [4.78, 5) is 12.7. The topological polar surface area (TPSA) is 32.3 Å². The third-order valence-corrected chi connectivity index (χ3v) is 3.31. The first-order chi connectivity index (χ1) is 5.70. The molecule has 70 valence electrons. The van der Waals surface area contributed by atoms with Crippen molar-refractivity contribution < 1.29 is 4.79 Å². The summed E-state index contributed by atoms with van der Waals surface area (Å²) in [5.41, 5.74) is 0. The molecule has 1 N–H and O–H groups in total. The molecule has 1 fully saturated rings. The summed E-state index contributed by atoms with van der Waals surface area (Å²) in [7, 11) is 3.52. The summed E-state index contributed by atoms with van der Waals surface area (Å²) in [6.45, 7) is 0.821. The minimum atomic E-state index is 0.0162. The molecule has 1 unspecified atom stereocenters. The minimum Gasteiger partial charge on any atom is -0.337 e. The van der Waals surface area contributed by atoms with Gasteiger partial charge in [0.05, 0.1) is 0 Å². The van der Waals surface area contributed by atoms with Crippen LogP contribution in [0.2, 0.25) is 0 Å². The fourth-order valence-electron chi connectivity index (χ4n) is 1.16. The highest BCUT2D eigenvalue weighted by atomic mass is 32.2. The van der Waals surface area contributed by atoms with Crippen molar-refractivity contribution in [3.63, 3.8) is 0 Å². The van der Waals surface area contributed by atoms with E-state index in [1.165, 1.54) is 18.6 Å². The molecule has 1 saturated heterocycles. The summed E-state index contributed by atoms with van der Waals surface area (Å²) < 4.78 is 0. The Hall–Kier alpha value is -0.380. The zero-order valence-corrected chi connectivity index (χ0v) is 8.49. The molecular weight excluding hydrogens is 172 g/mol. The van der Waals surface area contributed by atoms with Crippen LogP contribution in [0.15, 0.2) is 0 Å². The molecule has 3 nitrogen and oxygen atoms in total. The number of thioether (sulfide) groups is 1. The van der Waals surface area contributed by atoms with E-state index in [1.807, 2.05) is 11.8 Å². The van der Waals surface area contributed by atoms with Gasteiger partial charge in [0.25, 0.3) is 0 Å². The highest BCUT2D eigenvalue weighted by Gasteiger charge is 2.16. The SMILES string of the molecule is CN(C)C(=O)NCC1CCCS1. The molecule has 0 saturated carbocycles. The number of nitrogens with one attached hydrogen (secondary N) is 1. The van der Waals surface area contributed by atoms with Gasteiger partial charge in [-0.15, -0.1) is 0 Å². The van der Waals surface area contributed by atoms with Gasteiger partial charge in [0.15, 0.2) is 0 Å². The molecule has 0 aromatic carbocycles. The van der Waals surface area contributed by atoms with E-state index < -0.39 is 0 Å². The van der Waals surface area contributed by atoms with E-state index in [9.17, 15) is 4.79 Å². The van der Waals surface area contributed by atoms with Gasteiger partial charge in [0.1, 0.15) is 0 Å². The van der Waals surface area contributed by atoms with Crippen LogP contribution in [-0.4, -0.2) is 42.6 Å². The predicted molar refractivity (Wildman–Crippen MR) is 52.6 cm³/mol. The molecule has 2 amide bonds. The zero-order valence-electron chi connectivity index (χ0n) is 7.67. The van der Waals surface area contributed by atoms with E-state index in [-0.39, 0.29) is 6.03 Å². The Labute approximate surface area is 77.9 Å². The lowest BCUT2D eigenvalue weighted by atomic mass is 10.2. The van der Waals surface area contributed by atoms with Crippen LogP contribution in [0, 0.1) is 0 Å². The molecule has 12 heavy (non-hydrogen) atoms. The zero-order chi connectivity index (χ0) is 8.97. The van der Waals surface area contributed by atoms with Crippen LogP contribution >= 0.6 is 11.8 Å². The quantitative estimate of drug-likeness (QED) is 0.705. The Balaban J connectivity index is 2.12. The first-order valence-electron chi connectivity index (χ1n) is 4.27. The summed E-state index contributed by atoms with van der Waals surface area (Å²) >= 11 is 1.96. The van der Waals surface area contributed by atoms with Gasteiger partial charge in [-0.3, -0.25) is 0 Å². The van der Waals surface area contributed by atoms with Gasteiger partial charge in [-0.2, -0.15) is 11.8 Å². The van der Waals surface area contributed by atoms with E-state index in [2.05, 4.69) is 5.32 Å². The van der Waals surface area contributed by atoms with Crippen LogP contribution in [0.5, 0.6) is 0 Å². The molecule has 1 heterocycles. The number of urea groups is 1.